The molecule has 0 radical (unpaired) electrons. The molecule has 1 aliphatic heterocycles. The largest absolute Gasteiger partial charge is 0.458 e. The van der Waals surface area contributed by atoms with Crippen LogP contribution in [0.3, 0.4) is 0 Å². The second-order valence-electron chi connectivity index (χ2n) is 10.1. The molecule has 0 aromatic rings. The van der Waals surface area contributed by atoms with E-state index >= 15 is 0 Å². The van der Waals surface area contributed by atoms with Crippen molar-refractivity contribution in [1.29, 1.82) is 0 Å². The van der Waals surface area contributed by atoms with Gasteiger partial charge < -0.3 is 4.74 Å². The van der Waals surface area contributed by atoms with Gasteiger partial charge in [-0.25, -0.2) is 0 Å². The summed E-state index contributed by atoms with van der Waals surface area (Å²) < 4.78 is 6.07. The number of fused-ring (bicyclic) bond motifs is 1. The maximum Gasteiger partial charge on any atom is 0.309 e. The molecule has 0 bridgehead atoms. The number of esters is 1. The van der Waals surface area contributed by atoms with Crippen molar-refractivity contribution in [1.82, 2.24) is 0 Å². The Kier molecular flexibility index (Phi) is 4.44. The topological polar surface area (TPSA) is 43.4 Å². The van der Waals surface area contributed by atoms with Crippen LogP contribution in [0.5, 0.6) is 0 Å². The molecule has 5 atom stereocenters. The van der Waals surface area contributed by atoms with Crippen LogP contribution in [0, 0.1) is 22.7 Å². The van der Waals surface area contributed by atoms with Gasteiger partial charge in [0.05, 0.1) is 5.92 Å². The number of carbonyl (C=O) groups is 2. The predicted octanol–water partition coefficient (Wildman–Crippen LogP) is 5.54. The Balaban J connectivity index is 1.64. The molecule has 4 unspecified atom stereocenters. The number of hydrogen-bond acceptors (Lipinski definition) is 3. The lowest BCUT2D eigenvalue weighted by molar-refractivity contribution is -0.159. The van der Waals surface area contributed by atoms with Crippen molar-refractivity contribution in [3.63, 3.8) is 0 Å². The maximum atomic E-state index is 12.2. The Morgan fingerprint density at radius 2 is 1.93 bits per heavy atom. The first-order chi connectivity index (χ1) is 12.7. The van der Waals surface area contributed by atoms with Crippen molar-refractivity contribution in [2.24, 2.45) is 22.7 Å². The summed E-state index contributed by atoms with van der Waals surface area (Å²) in [6.45, 7) is 9.03. The van der Waals surface area contributed by atoms with Crippen LogP contribution < -0.4 is 0 Å². The summed E-state index contributed by atoms with van der Waals surface area (Å²) in [6, 6.07) is 0. The molecular weight excluding hydrogens is 336 g/mol. The predicted molar refractivity (Wildman–Crippen MR) is 106 cm³/mol. The first-order valence-corrected chi connectivity index (χ1v) is 10.9. The number of ketones is 1. The van der Waals surface area contributed by atoms with E-state index in [0.29, 0.717) is 18.1 Å². The molecule has 1 saturated heterocycles. The summed E-state index contributed by atoms with van der Waals surface area (Å²) in [5.41, 5.74) is 2.65. The average molecular weight is 371 g/mol. The van der Waals surface area contributed by atoms with Gasteiger partial charge in [-0.3, -0.25) is 9.59 Å². The number of rotatable bonds is 2. The molecule has 4 aliphatic rings. The summed E-state index contributed by atoms with van der Waals surface area (Å²) >= 11 is 0. The third kappa shape index (κ3) is 2.76. The lowest BCUT2D eigenvalue weighted by Gasteiger charge is -2.44. The quantitative estimate of drug-likeness (QED) is 0.473. The number of allylic oxidation sites excluding steroid dienone is 4. The van der Waals surface area contributed by atoms with Crippen LogP contribution in [0.4, 0.5) is 0 Å². The monoisotopic (exact) mass is 370 g/mol. The third-order valence-corrected chi connectivity index (χ3v) is 8.73. The molecule has 3 fully saturated rings. The molecule has 0 aromatic heterocycles. The summed E-state index contributed by atoms with van der Waals surface area (Å²) in [5.74, 6) is 0.856. The van der Waals surface area contributed by atoms with Gasteiger partial charge in [-0.05, 0) is 56.9 Å². The molecule has 1 spiro atoms. The number of carbonyl (C=O) groups excluding carboxylic acids is 2. The van der Waals surface area contributed by atoms with Gasteiger partial charge in [0.25, 0.3) is 0 Å². The SMILES string of the molecule is CC1C[C@@]2(CCC(C)C2(C)C/C=C2\CCCC3=CC(=O)CCC32C)OC1=O. The van der Waals surface area contributed by atoms with Gasteiger partial charge in [-0.1, -0.05) is 44.9 Å². The van der Waals surface area contributed by atoms with Crippen LogP contribution in [0.25, 0.3) is 0 Å². The second-order valence-corrected chi connectivity index (χ2v) is 10.1. The smallest absolute Gasteiger partial charge is 0.309 e. The van der Waals surface area contributed by atoms with E-state index in [4.69, 9.17) is 4.74 Å². The molecule has 3 heteroatoms. The molecule has 1 heterocycles. The van der Waals surface area contributed by atoms with Crippen LogP contribution in [-0.4, -0.2) is 17.4 Å². The lowest BCUT2D eigenvalue weighted by Crippen LogP contribution is -2.44. The van der Waals surface area contributed by atoms with E-state index in [-0.39, 0.29) is 28.3 Å². The van der Waals surface area contributed by atoms with Crippen LogP contribution in [0.1, 0.15) is 85.5 Å². The van der Waals surface area contributed by atoms with Crippen molar-refractivity contribution < 1.29 is 14.3 Å². The van der Waals surface area contributed by atoms with Crippen molar-refractivity contribution in [3.05, 3.63) is 23.3 Å². The van der Waals surface area contributed by atoms with Gasteiger partial charge in [-0.2, -0.15) is 0 Å². The van der Waals surface area contributed by atoms with Gasteiger partial charge in [0.1, 0.15) is 5.60 Å². The van der Waals surface area contributed by atoms with Crippen LogP contribution in [0.2, 0.25) is 0 Å². The van der Waals surface area contributed by atoms with E-state index in [0.717, 1.165) is 51.4 Å². The Hall–Kier alpha value is -1.38. The molecule has 0 N–H and O–H groups in total. The minimum Gasteiger partial charge on any atom is -0.458 e. The highest BCUT2D eigenvalue weighted by Gasteiger charge is 2.61. The highest BCUT2D eigenvalue weighted by atomic mass is 16.6. The number of hydrogen-bond donors (Lipinski definition) is 0. The summed E-state index contributed by atoms with van der Waals surface area (Å²) in [4.78, 5) is 24.1. The lowest BCUT2D eigenvalue weighted by atomic mass is 9.61. The van der Waals surface area contributed by atoms with Gasteiger partial charge in [0.15, 0.2) is 5.78 Å². The summed E-state index contributed by atoms with van der Waals surface area (Å²) in [7, 11) is 0. The molecule has 2 saturated carbocycles. The fraction of sp³-hybridized carbons (Fsp3) is 0.750. The van der Waals surface area contributed by atoms with E-state index in [1.165, 1.54) is 11.1 Å². The molecule has 0 amide bonds. The zero-order valence-corrected chi connectivity index (χ0v) is 17.4. The number of ether oxygens (including phenoxy) is 1. The van der Waals surface area contributed by atoms with Crippen molar-refractivity contribution in [2.45, 2.75) is 91.1 Å². The van der Waals surface area contributed by atoms with Gasteiger partial charge in [0.2, 0.25) is 0 Å². The molecular formula is C24H34O3. The van der Waals surface area contributed by atoms with Crippen molar-refractivity contribution in [3.8, 4) is 0 Å². The van der Waals surface area contributed by atoms with Crippen LogP contribution in [0.15, 0.2) is 23.3 Å². The Bertz CT molecular complexity index is 732. The summed E-state index contributed by atoms with van der Waals surface area (Å²) in [6.07, 6.45) is 13.3. The van der Waals surface area contributed by atoms with Gasteiger partial charge in [-0.15, -0.1) is 0 Å². The fourth-order valence-electron chi connectivity index (χ4n) is 6.39. The molecule has 0 aromatic carbocycles. The minimum atomic E-state index is -0.281. The molecule has 27 heavy (non-hydrogen) atoms. The fourth-order valence-corrected chi connectivity index (χ4v) is 6.39. The van der Waals surface area contributed by atoms with Crippen molar-refractivity contribution >= 4 is 11.8 Å². The molecule has 3 nitrogen and oxygen atoms in total. The van der Waals surface area contributed by atoms with E-state index in [2.05, 4.69) is 26.8 Å². The highest BCUT2D eigenvalue weighted by molar-refractivity contribution is 5.92. The highest BCUT2D eigenvalue weighted by Crippen LogP contribution is 2.60. The first-order valence-electron chi connectivity index (χ1n) is 10.9. The normalized spacial score (nSPS) is 45.9. The van der Waals surface area contributed by atoms with E-state index in [1.54, 1.807) is 0 Å². The Morgan fingerprint density at radius 3 is 2.63 bits per heavy atom. The average Bonchev–Trinajstić information content (AvgIpc) is 3.05. The zero-order valence-electron chi connectivity index (χ0n) is 17.4. The standard InChI is InChI=1S/C24H34O3/c1-16-15-24(27-21(16)26)13-8-17(2)23(24,4)12-9-18-6-5-7-19-14-20(25)10-11-22(18,19)3/h9,14,16-17H,5-8,10-13,15H2,1-4H3/b18-9+/t16?,17?,22?,23?,24-/m1/s1. The molecule has 148 valence electrons. The molecule has 3 aliphatic carbocycles. The van der Waals surface area contributed by atoms with Gasteiger partial charge in [0, 0.05) is 23.7 Å². The molecule has 4 rings (SSSR count). The minimum absolute atomic E-state index is 0.00257. The zero-order chi connectivity index (χ0) is 19.4. The van der Waals surface area contributed by atoms with Crippen molar-refractivity contribution in [2.75, 3.05) is 0 Å². The van der Waals surface area contributed by atoms with Crippen LogP contribution in [-0.2, 0) is 14.3 Å². The van der Waals surface area contributed by atoms with E-state index in [9.17, 15) is 9.59 Å². The Morgan fingerprint density at radius 1 is 1.15 bits per heavy atom. The second kappa shape index (κ2) is 6.32. The third-order valence-electron chi connectivity index (χ3n) is 8.73. The Labute approximate surface area is 163 Å². The summed E-state index contributed by atoms with van der Waals surface area (Å²) in [5, 5.41) is 0. The van der Waals surface area contributed by atoms with E-state index < -0.39 is 0 Å². The first kappa shape index (κ1) is 19.0. The van der Waals surface area contributed by atoms with E-state index in [1.807, 2.05) is 13.0 Å². The van der Waals surface area contributed by atoms with Gasteiger partial charge >= 0.3 is 5.97 Å². The van der Waals surface area contributed by atoms with Crippen LogP contribution >= 0.6 is 0 Å². The maximum absolute atomic E-state index is 12.2.